The fraction of sp³-hybridized carbons (Fsp3) is 0.429. The van der Waals surface area contributed by atoms with Crippen molar-refractivity contribution >= 4 is 40.2 Å². The van der Waals surface area contributed by atoms with Gasteiger partial charge in [-0.2, -0.15) is 0 Å². The summed E-state index contributed by atoms with van der Waals surface area (Å²) in [7, 11) is 3.77. The zero-order chi connectivity index (χ0) is 15.1. The number of nitrogens with one attached hydrogen (secondary N) is 1. The number of nitrogens with zero attached hydrogens (tertiary/aromatic N) is 1. The molecule has 0 unspecified atom stereocenters. The first kappa shape index (κ1) is 16.7. The Balaban J connectivity index is 2.67. The van der Waals surface area contributed by atoms with E-state index in [1.807, 2.05) is 37.2 Å². The summed E-state index contributed by atoms with van der Waals surface area (Å²) < 4.78 is 5.80. The lowest BCUT2D eigenvalue weighted by Crippen LogP contribution is -2.28. The summed E-state index contributed by atoms with van der Waals surface area (Å²) >= 11 is 2.17. The molecule has 0 saturated heterocycles. The van der Waals surface area contributed by atoms with Gasteiger partial charge in [0.25, 0.3) is 5.91 Å². The highest BCUT2D eigenvalue weighted by Gasteiger charge is 2.13. The lowest BCUT2D eigenvalue weighted by atomic mass is 10.1. The van der Waals surface area contributed by atoms with E-state index in [4.69, 9.17) is 4.74 Å². The third-order valence-electron chi connectivity index (χ3n) is 2.61. The van der Waals surface area contributed by atoms with Gasteiger partial charge in [0.1, 0.15) is 0 Å². The van der Waals surface area contributed by atoms with Crippen LogP contribution in [-0.2, 0) is 9.53 Å². The monoisotopic (exact) mass is 390 g/mol. The molecule has 0 aliphatic heterocycles. The van der Waals surface area contributed by atoms with Crippen molar-refractivity contribution in [2.75, 3.05) is 32.1 Å². The zero-order valence-corrected chi connectivity index (χ0v) is 14.1. The molecule has 110 valence electrons. The molecule has 1 aromatic rings. The second-order valence-electron chi connectivity index (χ2n) is 4.37. The SMILES string of the molecule is CCOC(=O)CCNC(=O)c1cc(I)ccc1N(C)C. The van der Waals surface area contributed by atoms with E-state index in [2.05, 4.69) is 27.9 Å². The van der Waals surface area contributed by atoms with Gasteiger partial charge in [-0.1, -0.05) is 0 Å². The number of ether oxygens (including phenoxy) is 1. The lowest BCUT2D eigenvalue weighted by Gasteiger charge is -2.17. The van der Waals surface area contributed by atoms with E-state index in [0.717, 1.165) is 9.26 Å². The standard InChI is InChI=1S/C14H19IN2O3/c1-4-20-13(18)7-8-16-14(19)11-9-10(15)5-6-12(11)17(2)3/h5-6,9H,4,7-8H2,1-3H3,(H,16,19). The maximum absolute atomic E-state index is 12.2. The molecule has 0 aromatic heterocycles. The summed E-state index contributed by atoms with van der Waals surface area (Å²) in [5, 5.41) is 2.74. The van der Waals surface area contributed by atoms with Gasteiger partial charge in [0.05, 0.1) is 18.6 Å². The van der Waals surface area contributed by atoms with Crippen LogP contribution in [0.3, 0.4) is 0 Å². The summed E-state index contributed by atoms with van der Waals surface area (Å²) in [5.74, 6) is -0.486. The van der Waals surface area contributed by atoms with Crippen molar-refractivity contribution in [3.63, 3.8) is 0 Å². The normalized spacial score (nSPS) is 10.0. The van der Waals surface area contributed by atoms with Crippen molar-refractivity contribution in [2.45, 2.75) is 13.3 Å². The van der Waals surface area contributed by atoms with Crippen molar-refractivity contribution in [2.24, 2.45) is 0 Å². The van der Waals surface area contributed by atoms with Crippen molar-refractivity contribution in [3.8, 4) is 0 Å². The molecule has 0 atom stereocenters. The van der Waals surface area contributed by atoms with Crippen LogP contribution >= 0.6 is 22.6 Å². The second kappa shape index (κ2) is 8.08. The minimum Gasteiger partial charge on any atom is -0.466 e. The van der Waals surface area contributed by atoms with E-state index in [-0.39, 0.29) is 24.8 Å². The Morgan fingerprint density at radius 1 is 1.35 bits per heavy atom. The Morgan fingerprint density at radius 2 is 2.05 bits per heavy atom. The molecule has 0 saturated carbocycles. The van der Waals surface area contributed by atoms with Crippen LogP contribution in [-0.4, -0.2) is 39.1 Å². The molecule has 0 bridgehead atoms. The molecule has 6 heteroatoms. The Hall–Kier alpha value is -1.31. The topological polar surface area (TPSA) is 58.6 Å². The average Bonchev–Trinajstić information content (AvgIpc) is 2.38. The molecule has 1 rings (SSSR count). The van der Waals surface area contributed by atoms with Crippen molar-refractivity contribution in [1.29, 1.82) is 0 Å². The number of halogens is 1. The first-order valence-electron chi connectivity index (χ1n) is 6.36. The van der Waals surface area contributed by atoms with Crippen LogP contribution in [0.25, 0.3) is 0 Å². The van der Waals surface area contributed by atoms with Gasteiger partial charge in [0.2, 0.25) is 0 Å². The number of hydrogen-bond donors (Lipinski definition) is 1. The molecule has 1 aromatic carbocycles. The molecule has 20 heavy (non-hydrogen) atoms. The number of carbonyl (C=O) groups excluding carboxylic acids is 2. The van der Waals surface area contributed by atoms with Gasteiger partial charge in [-0.15, -0.1) is 0 Å². The Kier molecular flexibility index (Phi) is 6.77. The summed E-state index contributed by atoms with van der Waals surface area (Å²) in [6.07, 6.45) is 0.181. The number of carbonyl (C=O) groups is 2. The molecule has 0 heterocycles. The van der Waals surface area contributed by atoms with Gasteiger partial charge in [-0.3, -0.25) is 9.59 Å². The Bertz CT molecular complexity index is 489. The van der Waals surface area contributed by atoms with Gasteiger partial charge in [-0.05, 0) is 47.7 Å². The van der Waals surface area contributed by atoms with Crippen LogP contribution in [0.15, 0.2) is 18.2 Å². The molecule has 0 radical (unpaired) electrons. The smallest absolute Gasteiger partial charge is 0.307 e. The predicted octanol–water partition coefficient (Wildman–Crippen LogP) is 2.04. The van der Waals surface area contributed by atoms with E-state index in [9.17, 15) is 9.59 Å². The number of benzene rings is 1. The first-order valence-corrected chi connectivity index (χ1v) is 7.44. The van der Waals surface area contributed by atoms with Gasteiger partial charge >= 0.3 is 5.97 Å². The van der Waals surface area contributed by atoms with Crippen molar-refractivity contribution in [3.05, 3.63) is 27.3 Å². The van der Waals surface area contributed by atoms with Gasteiger partial charge in [0, 0.05) is 29.9 Å². The van der Waals surface area contributed by atoms with E-state index in [1.54, 1.807) is 6.92 Å². The molecule has 0 spiro atoms. The van der Waals surface area contributed by atoms with Crippen molar-refractivity contribution in [1.82, 2.24) is 5.32 Å². The predicted molar refractivity (Wildman–Crippen MR) is 87.1 cm³/mol. The van der Waals surface area contributed by atoms with Crippen LogP contribution in [0.5, 0.6) is 0 Å². The third-order valence-corrected chi connectivity index (χ3v) is 3.28. The van der Waals surface area contributed by atoms with Crippen molar-refractivity contribution < 1.29 is 14.3 Å². The lowest BCUT2D eigenvalue weighted by molar-refractivity contribution is -0.142. The molecular weight excluding hydrogens is 371 g/mol. The van der Waals surface area contributed by atoms with Crippen LogP contribution in [0.2, 0.25) is 0 Å². The molecule has 1 amide bonds. The van der Waals surface area contributed by atoms with E-state index >= 15 is 0 Å². The highest BCUT2D eigenvalue weighted by Crippen LogP contribution is 2.21. The highest BCUT2D eigenvalue weighted by molar-refractivity contribution is 14.1. The van der Waals surface area contributed by atoms with Crippen LogP contribution in [0, 0.1) is 3.57 Å². The summed E-state index contributed by atoms with van der Waals surface area (Å²) in [6.45, 7) is 2.39. The largest absolute Gasteiger partial charge is 0.466 e. The Morgan fingerprint density at radius 3 is 2.65 bits per heavy atom. The molecule has 1 N–H and O–H groups in total. The highest BCUT2D eigenvalue weighted by atomic mass is 127. The van der Waals surface area contributed by atoms with E-state index < -0.39 is 0 Å². The second-order valence-corrected chi connectivity index (χ2v) is 5.61. The zero-order valence-electron chi connectivity index (χ0n) is 11.9. The number of hydrogen-bond acceptors (Lipinski definition) is 4. The van der Waals surface area contributed by atoms with E-state index in [0.29, 0.717) is 12.2 Å². The number of rotatable bonds is 6. The summed E-state index contributed by atoms with van der Waals surface area (Å²) in [6, 6.07) is 5.68. The maximum Gasteiger partial charge on any atom is 0.307 e. The van der Waals surface area contributed by atoms with Crippen LogP contribution in [0.1, 0.15) is 23.7 Å². The fourth-order valence-corrected chi connectivity index (χ4v) is 2.18. The van der Waals surface area contributed by atoms with Gasteiger partial charge in [0.15, 0.2) is 0 Å². The number of esters is 1. The number of anilines is 1. The average molecular weight is 390 g/mol. The summed E-state index contributed by atoms with van der Waals surface area (Å²) in [5.41, 5.74) is 1.45. The van der Waals surface area contributed by atoms with E-state index in [1.165, 1.54) is 0 Å². The van der Waals surface area contributed by atoms with Gasteiger partial charge in [-0.25, -0.2) is 0 Å². The molecule has 0 aliphatic rings. The summed E-state index contributed by atoms with van der Waals surface area (Å²) in [4.78, 5) is 25.3. The molecule has 0 fully saturated rings. The van der Waals surface area contributed by atoms with Crippen LogP contribution in [0.4, 0.5) is 5.69 Å². The first-order chi connectivity index (χ1) is 9.45. The molecule has 5 nitrogen and oxygen atoms in total. The van der Waals surface area contributed by atoms with Gasteiger partial charge < -0.3 is 15.0 Å². The molecule has 0 aliphatic carbocycles. The number of amides is 1. The minimum absolute atomic E-state index is 0.181. The Labute approximate surface area is 132 Å². The van der Waals surface area contributed by atoms with Crippen LogP contribution < -0.4 is 10.2 Å². The molecular formula is C14H19IN2O3. The minimum atomic E-state index is -0.303. The maximum atomic E-state index is 12.2. The third kappa shape index (κ3) is 4.99. The quantitative estimate of drug-likeness (QED) is 0.597. The fourth-order valence-electron chi connectivity index (χ4n) is 1.69.